The Morgan fingerprint density at radius 3 is 2.52 bits per heavy atom. The van der Waals surface area contributed by atoms with Crippen molar-refractivity contribution in [3.63, 3.8) is 0 Å². The summed E-state index contributed by atoms with van der Waals surface area (Å²) in [5, 5.41) is 17.1. The highest BCUT2D eigenvalue weighted by molar-refractivity contribution is 9.10. The highest BCUT2D eigenvalue weighted by atomic mass is 79.9. The highest BCUT2D eigenvalue weighted by Crippen LogP contribution is 2.47. The van der Waals surface area contributed by atoms with Gasteiger partial charge in [-0.25, -0.2) is 0 Å². The number of benzene rings is 2. The van der Waals surface area contributed by atoms with Gasteiger partial charge in [-0.15, -0.1) is 5.10 Å². The number of methoxy groups -OCH3 is 2. The molecule has 7 nitrogen and oxygen atoms in total. The molecule has 29 heavy (non-hydrogen) atoms. The summed E-state index contributed by atoms with van der Waals surface area (Å²) in [7, 11) is 3.14. The molecular weight excluding hydrogens is 436 g/mol. The average molecular weight is 453 g/mol. The van der Waals surface area contributed by atoms with Crippen LogP contribution >= 0.6 is 15.9 Å². The lowest BCUT2D eigenvalue weighted by Crippen LogP contribution is -2.21. The third-order valence-electron chi connectivity index (χ3n) is 4.81. The molecule has 0 saturated carbocycles. The monoisotopic (exact) mass is 452 g/mol. The Labute approximate surface area is 175 Å². The number of ether oxygens (including phenoxy) is 3. The number of aromatic nitrogens is 2. The minimum Gasteiger partial charge on any atom is -0.493 e. The van der Waals surface area contributed by atoms with Gasteiger partial charge < -0.3 is 19.9 Å². The number of nitrogens with two attached hydrogens (primary N) is 1. The minimum absolute atomic E-state index is 0.0358. The molecular formula is C21H17BrN4O3. The quantitative estimate of drug-likeness (QED) is 0.617. The van der Waals surface area contributed by atoms with E-state index in [4.69, 9.17) is 19.9 Å². The van der Waals surface area contributed by atoms with Gasteiger partial charge in [-0.3, -0.25) is 5.10 Å². The van der Waals surface area contributed by atoms with Gasteiger partial charge >= 0.3 is 0 Å². The molecule has 1 aliphatic heterocycles. The van der Waals surface area contributed by atoms with Crippen molar-refractivity contribution in [3.05, 3.63) is 69.5 Å². The number of hydrogen-bond donors (Lipinski definition) is 2. The Morgan fingerprint density at radius 1 is 1.14 bits per heavy atom. The Morgan fingerprint density at radius 2 is 1.86 bits per heavy atom. The summed E-state index contributed by atoms with van der Waals surface area (Å²) < 4.78 is 17.4. The second-order valence-electron chi connectivity index (χ2n) is 6.36. The second-order valence-corrected chi connectivity index (χ2v) is 7.28. The Hall–Kier alpha value is -3.44. The van der Waals surface area contributed by atoms with Gasteiger partial charge in [0.25, 0.3) is 0 Å². The maximum Gasteiger partial charge on any atom is 0.244 e. The predicted molar refractivity (Wildman–Crippen MR) is 111 cm³/mol. The molecule has 0 aliphatic carbocycles. The van der Waals surface area contributed by atoms with Crippen LogP contribution in [0.2, 0.25) is 0 Å². The van der Waals surface area contributed by atoms with Crippen molar-refractivity contribution in [1.82, 2.24) is 10.2 Å². The molecule has 0 fully saturated rings. The van der Waals surface area contributed by atoms with Gasteiger partial charge in [0.1, 0.15) is 11.6 Å². The fraction of sp³-hybridized carbons (Fsp3) is 0.143. The number of nitrogens with zero attached hydrogens (tertiary/aromatic N) is 2. The van der Waals surface area contributed by atoms with Crippen LogP contribution < -0.4 is 19.9 Å². The van der Waals surface area contributed by atoms with Crippen LogP contribution in [-0.4, -0.2) is 24.4 Å². The minimum atomic E-state index is -0.471. The number of H-pyrrole nitrogens is 1. The first kappa shape index (κ1) is 18.9. The molecule has 1 atom stereocenters. The molecule has 1 aromatic heterocycles. The normalized spacial score (nSPS) is 15.3. The fourth-order valence-corrected chi connectivity index (χ4v) is 3.71. The Kier molecular flexibility index (Phi) is 4.91. The summed E-state index contributed by atoms with van der Waals surface area (Å²) in [6, 6.07) is 15.5. The summed E-state index contributed by atoms with van der Waals surface area (Å²) in [6.45, 7) is 0. The van der Waals surface area contributed by atoms with Crippen molar-refractivity contribution < 1.29 is 14.2 Å². The second kappa shape index (κ2) is 7.53. The van der Waals surface area contributed by atoms with Crippen molar-refractivity contribution in [3.8, 4) is 34.7 Å². The summed E-state index contributed by atoms with van der Waals surface area (Å²) >= 11 is 3.45. The van der Waals surface area contributed by atoms with E-state index in [0.717, 1.165) is 26.9 Å². The van der Waals surface area contributed by atoms with Crippen molar-refractivity contribution in [2.45, 2.75) is 5.92 Å². The molecule has 1 unspecified atom stereocenters. The topological polar surface area (TPSA) is 106 Å². The van der Waals surface area contributed by atoms with Crippen molar-refractivity contribution in [2.24, 2.45) is 5.73 Å². The number of allylic oxidation sites excluding steroid dienone is 1. The maximum absolute atomic E-state index is 9.82. The van der Waals surface area contributed by atoms with Crippen LogP contribution in [0.25, 0.3) is 11.3 Å². The average Bonchev–Trinajstić information content (AvgIpc) is 3.16. The van der Waals surface area contributed by atoms with Crippen LogP contribution in [-0.2, 0) is 0 Å². The number of rotatable bonds is 4. The Bertz CT molecular complexity index is 1150. The van der Waals surface area contributed by atoms with E-state index in [1.54, 1.807) is 20.3 Å². The molecule has 2 heterocycles. The molecule has 146 valence electrons. The summed E-state index contributed by atoms with van der Waals surface area (Å²) in [4.78, 5) is 0. The van der Waals surface area contributed by atoms with Crippen LogP contribution in [0.4, 0.5) is 0 Å². The van der Waals surface area contributed by atoms with Gasteiger partial charge in [-0.05, 0) is 29.8 Å². The zero-order valence-corrected chi connectivity index (χ0v) is 17.3. The largest absolute Gasteiger partial charge is 0.493 e. The molecule has 0 spiro atoms. The van der Waals surface area contributed by atoms with Crippen LogP contribution in [0.5, 0.6) is 17.4 Å². The molecule has 0 amide bonds. The van der Waals surface area contributed by atoms with Crippen LogP contribution in [0.3, 0.4) is 0 Å². The smallest absolute Gasteiger partial charge is 0.244 e. The third-order valence-corrected chi connectivity index (χ3v) is 5.34. The molecule has 8 heteroatoms. The highest BCUT2D eigenvalue weighted by Gasteiger charge is 2.36. The van der Waals surface area contributed by atoms with Crippen molar-refractivity contribution >= 4 is 15.9 Å². The lowest BCUT2D eigenvalue weighted by Gasteiger charge is -2.24. The first-order chi connectivity index (χ1) is 14.1. The summed E-state index contributed by atoms with van der Waals surface area (Å²) in [5.74, 6) is 1.07. The van der Waals surface area contributed by atoms with Crippen LogP contribution in [0.15, 0.2) is 58.4 Å². The number of hydrogen-bond acceptors (Lipinski definition) is 6. The van der Waals surface area contributed by atoms with E-state index < -0.39 is 5.92 Å². The number of nitriles is 1. The zero-order valence-electron chi connectivity index (χ0n) is 15.7. The molecule has 4 rings (SSSR count). The molecule has 3 aromatic rings. The van der Waals surface area contributed by atoms with Crippen molar-refractivity contribution in [1.29, 1.82) is 5.26 Å². The number of fused-ring (bicyclic) bond motifs is 1. The molecule has 3 N–H and O–H groups in total. The van der Waals surface area contributed by atoms with Gasteiger partial charge in [-0.2, -0.15) is 5.26 Å². The van der Waals surface area contributed by atoms with E-state index in [0.29, 0.717) is 23.0 Å². The number of nitrogens with one attached hydrogen (secondary N) is 1. The van der Waals surface area contributed by atoms with Gasteiger partial charge in [0.15, 0.2) is 11.5 Å². The molecule has 0 saturated heterocycles. The lowest BCUT2D eigenvalue weighted by atomic mass is 9.83. The van der Waals surface area contributed by atoms with E-state index in [-0.39, 0.29) is 5.88 Å². The van der Waals surface area contributed by atoms with Gasteiger partial charge in [0.05, 0.1) is 31.4 Å². The molecule has 0 radical (unpaired) electrons. The number of halogens is 1. The van der Waals surface area contributed by atoms with E-state index >= 15 is 0 Å². The van der Waals surface area contributed by atoms with E-state index in [9.17, 15) is 5.26 Å². The van der Waals surface area contributed by atoms with E-state index in [1.807, 2.05) is 36.4 Å². The van der Waals surface area contributed by atoms with Crippen LogP contribution in [0, 0.1) is 11.3 Å². The van der Waals surface area contributed by atoms with Gasteiger partial charge in [0.2, 0.25) is 11.8 Å². The zero-order chi connectivity index (χ0) is 20.5. The number of aromatic amines is 1. The first-order valence-electron chi connectivity index (χ1n) is 8.71. The van der Waals surface area contributed by atoms with E-state index in [2.05, 4.69) is 32.2 Å². The standard InChI is InChI=1S/C21H17BrN4O3/c1-27-15-8-5-12(9-16(15)28-2)17-14(10-23)20(24)29-21-18(17)19(25-26-21)11-3-6-13(22)7-4-11/h3-9,17H,24H2,1-2H3,(H,25,26). The maximum atomic E-state index is 9.82. The molecule has 2 aromatic carbocycles. The predicted octanol–water partition coefficient (Wildman–Crippen LogP) is 4.07. The van der Waals surface area contributed by atoms with E-state index in [1.165, 1.54) is 0 Å². The lowest BCUT2D eigenvalue weighted by molar-refractivity contribution is 0.354. The molecule has 1 aliphatic rings. The Balaban J connectivity index is 1.93. The van der Waals surface area contributed by atoms with Gasteiger partial charge in [-0.1, -0.05) is 34.1 Å². The summed E-state index contributed by atoms with van der Waals surface area (Å²) in [5.41, 5.74) is 9.58. The van der Waals surface area contributed by atoms with Crippen molar-refractivity contribution in [2.75, 3.05) is 14.2 Å². The fourth-order valence-electron chi connectivity index (χ4n) is 3.45. The molecule has 0 bridgehead atoms. The first-order valence-corrected chi connectivity index (χ1v) is 9.50. The third kappa shape index (κ3) is 3.19. The SMILES string of the molecule is COc1ccc(C2C(C#N)=C(N)Oc3n[nH]c(-c4ccc(Br)cc4)c32)cc1OC. The summed E-state index contributed by atoms with van der Waals surface area (Å²) in [6.07, 6.45) is 0. The van der Waals surface area contributed by atoms with Gasteiger partial charge in [0, 0.05) is 10.0 Å². The van der Waals surface area contributed by atoms with Crippen LogP contribution in [0.1, 0.15) is 17.0 Å².